The second-order valence-electron chi connectivity index (χ2n) is 21.1. The Hall–Kier alpha value is -9.23. The molecule has 0 amide bonds. The van der Waals surface area contributed by atoms with Crippen molar-refractivity contribution < 1.29 is 35.1 Å². The molecule has 10 aromatic carbocycles. The summed E-state index contributed by atoms with van der Waals surface area (Å²) in [4.78, 5) is 7.31. The van der Waals surface area contributed by atoms with E-state index in [1.807, 2.05) is 12.3 Å². The first-order chi connectivity index (χ1) is 38.3. The van der Waals surface area contributed by atoms with Gasteiger partial charge in [0.15, 0.2) is 0 Å². The molecule has 0 unspecified atom stereocenters. The van der Waals surface area contributed by atoms with E-state index in [1.54, 1.807) is 0 Å². The predicted molar refractivity (Wildman–Crippen MR) is 315 cm³/mol. The minimum absolute atomic E-state index is 0. The van der Waals surface area contributed by atoms with Crippen LogP contribution in [0.25, 0.3) is 72.3 Å². The summed E-state index contributed by atoms with van der Waals surface area (Å²) in [5.74, 6) is 3.33. The third-order valence-electron chi connectivity index (χ3n) is 15.4. The molecule has 79 heavy (non-hydrogen) atoms. The normalized spacial score (nSPS) is 12.4. The van der Waals surface area contributed by atoms with Gasteiger partial charge >= 0.3 is 0 Å². The summed E-state index contributed by atoms with van der Waals surface area (Å²) in [6, 6.07) is 88.6. The molecule has 9 heteroatoms. The molecule has 3 aromatic heterocycles. The fourth-order valence-corrected chi connectivity index (χ4v) is 11.9. The van der Waals surface area contributed by atoms with Crippen LogP contribution in [0.4, 0.5) is 17.1 Å². The summed E-state index contributed by atoms with van der Waals surface area (Å²) in [5, 5.41) is 2.17. The maximum atomic E-state index is 7.37. The van der Waals surface area contributed by atoms with Gasteiger partial charge in [0.25, 0.3) is 6.33 Å². The van der Waals surface area contributed by atoms with Crippen LogP contribution in [0.5, 0.6) is 23.0 Å². The molecular formula is C70H48BN5O2Pt-2. The molecular weight excluding hydrogens is 1150 g/mol. The smallest absolute Gasteiger partial charge is 0.268 e. The van der Waals surface area contributed by atoms with E-state index in [-0.39, 0.29) is 33.2 Å². The maximum Gasteiger partial charge on any atom is 0.268 e. The van der Waals surface area contributed by atoms with Gasteiger partial charge in [-0.2, -0.15) is 6.07 Å². The van der Waals surface area contributed by atoms with Crippen molar-refractivity contribution in [1.29, 1.82) is 0 Å². The van der Waals surface area contributed by atoms with Gasteiger partial charge in [0.05, 0.1) is 16.7 Å². The number of ether oxygens (including phenoxy) is 2. The number of anilines is 3. The maximum absolute atomic E-state index is 7.37. The summed E-state index contributed by atoms with van der Waals surface area (Å²) in [7, 11) is 0. The molecule has 0 saturated heterocycles. The van der Waals surface area contributed by atoms with Crippen molar-refractivity contribution in [3.63, 3.8) is 0 Å². The molecule has 2 aliphatic heterocycles. The number of nitrogens with zero attached hydrogens (tertiary/aromatic N) is 5. The van der Waals surface area contributed by atoms with Crippen LogP contribution in [0.3, 0.4) is 0 Å². The minimum atomic E-state index is -0.237. The first-order valence-electron chi connectivity index (χ1n) is 26.5. The van der Waals surface area contributed by atoms with E-state index in [1.165, 1.54) is 5.56 Å². The molecule has 380 valence electrons. The molecule has 15 rings (SSSR count). The summed E-state index contributed by atoms with van der Waals surface area (Å²) >= 11 is 0. The quantitative estimate of drug-likeness (QED) is 0.0864. The van der Waals surface area contributed by atoms with Gasteiger partial charge in [0.1, 0.15) is 11.6 Å². The number of aromatic nitrogens is 4. The monoisotopic (exact) mass is 1200 g/mol. The van der Waals surface area contributed by atoms with Gasteiger partial charge in [-0.15, -0.1) is 35.1 Å². The summed E-state index contributed by atoms with van der Waals surface area (Å²) in [6.07, 6.45) is 5.84. The Bertz CT molecular complexity index is 4450. The van der Waals surface area contributed by atoms with Gasteiger partial charge in [0.2, 0.25) is 6.71 Å². The largest absolute Gasteiger partial charge is 0.521 e. The Labute approximate surface area is 473 Å². The Morgan fingerprint density at radius 2 is 1.23 bits per heavy atom. The molecule has 0 bridgehead atoms. The number of para-hydroxylation sites is 6. The van der Waals surface area contributed by atoms with E-state index < -0.39 is 0 Å². The number of hydrogen-bond donors (Lipinski definition) is 0. The van der Waals surface area contributed by atoms with E-state index in [9.17, 15) is 0 Å². The number of pyridine rings is 1. The fourth-order valence-electron chi connectivity index (χ4n) is 11.9. The third-order valence-corrected chi connectivity index (χ3v) is 15.4. The average molecular weight is 1200 g/mol. The molecule has 5 heterocycles. The molecule has 0 saturated carbocycles. The molecule has 0 fully saturated rings. The van der Waals surface area contributed by atoms with Gasteiger partial charge in [0, 0.05) is 67.1 Å². The van der Waals surface area contributed by atoms with Crippen LogP contribution in [0.2, 0.25) is 0 Å². The predicted octanol–water partition coefficient (Wildman–Crippen LogP) is 14.6. The molecule has 0 N–H and O–H groups in total. The van der Waals surface area contributed by atoms with Crippen LogP contribution in [-0.4, -0.2) is 20.8 Å². The van der Waals surface area contributed by atoms with Crippen molar-refractivity contribution in [2.45, 2.75) is 26.2 Å². The topological polar surface area (TPSA) is 48.3 Å². The third kappa shape index (κ3) is 7.92. The van der Waals surface area contributed by atoms with E-state index >= 15 is 0 Å². The summed E-state index contributed by atoms with van der Waals surface area (Å²) < 4.78 is 21.1. The van der Waals surface area contributed by atoms with Crippen molar-refractivity contribution >= 4 is 73.0 Å². The zero-order valence-corrected chi connectivity index (χ0v) is 45.7. The Morgan fingerprint density at radius 1 is 0.570 bits per heavy atom. The van der Waals surface area contributed by atoms with Gasteiger partial charge in [-0.3, -0.25) is 4.57 Å². The second kappa shape index (κ2) is 19.0. The molecule has 0 radical (unpaired) electrons. The number of imidazole rings is 1. The van der Waals surface area contributed by atoms with Crippen molar-refractivity contribution in [2.24, 2.45) is 0 Å². The number of rotatable bonds is 8. The van der Waals surface area contributed by atoms with Gasteiger partial charge in [-0.1, -0.05) is 190 Å². The second-order valence-corrected chi connectivity index (χ2v) is 21.1. The molecule has 0 atom stereocenters. The molecule has 7 nitrogen and oxygen atoms in total. The van der Waals surface area contributed by atoms with Gasteiger partial charge in [-0.05, 0) is 104 Å². The van der Waals surface area contributed by atoms with E-state index in [4.69, 9.17) is 14.5 Å². The Kier molecular flexibility index (Phi) is 11.6. The van der Waals surface area contributed by atoms with Crippen LogP contribution in [0.1, 0.15) is 26.3 Å². The van der Waals surface area contributed by atoms with Crippen molar-refractivity contribution in [1.82, 2.24) is 14.1 Å². The van der Waals surface area contributed by atoms with Gasteiger partial charge < -0.3 is 23.5 Å². The van der Waals surface area contributed by atoms with Crippen LogP contribution < -0.4 is 35.3 Å². The standard InChI is InChI=1S/C70H48BN5O2.Pt/c1-70(2,3)48-39-40-72-66(41-48)76-58-31-15-13-27-54(58)55-38-37-50(43-63(55)76)77-51-42-57-69(78-65-36-20-35-62-67(65)71(57)56-30-14-16-32-59(56)75(62)49-25-11-6-12-26-49)64(44-51)73-45-74(61-34-18-17-33-60(61)73)68-52(46-21-7-4-8-22-46)28-19-29-53(68)47-23-9-5-10-24-47;/h4-42H,1-3H3;/q-2;. The fraction of sp³-hybridized carbons (Fsp3) is 0.0571. The summed E-state index contributed by atoms with van der Waals surface area (Å²) in [6.45, 7) is 6.46. The minimum Gasteiger partial charge on any atom is -0.521 e. The molecule has 0 aliphatic carbocycles. The van der Waals surface area contributed by atoms with Gasteiger partial charge in [-0.25, -0.2) is 4.98 Å². The van der Waals surface area contributed by atoms with Crippen molar-refractivity contribution in [3.05, 3.63) is 261 Å². The first-order valence-corrected chi connectivity index (χ1v) is 26.5. The number of benzene rings is 10. The zero-order chi connectivity index (χ0) is 52.1. The SMILES string of the molecule is CC(C)(C)c1ccnc(-n2c3[c-]c(Oc4[c-]c(-n5[c-][n+](-c6c(-c7ccccc7)cccc6-c6ccccc6)c6ccccc65)c5c(c4)B4c6ccccc6N(c6ccccc6)c6cccc(c64)O5)ccc3c3ccccc32)c1.[Pt]. The molecule has 13 aromatic rings. The molecule has 0 spiro atoms. The van der Waals surface area contributed by atoms with Crippen LogP contribution in [-0.2, 0) is 26.5 Å². The zero-order valence-electron chi connectivity index (χ0n) is 43.5. The molecule has 2 aliphatic rings. The average Bonchev–Trinajstić information content (AvgIpc) is 4.05. The Morgan fingerprint density at radius 3 is 1.99 bits per heavy atom. The number of fused-ring (bicyclic) bond motifs is 8. The van der Waals surface area contributed by atoms with E-state index in [0.29, 0.717) is 22.9 Å². The van der Waals surface area contributed by atoms with Crippen LogP contribution >= 0.6 is 0 Å². The van der Waals surface area contributed by atoms with Crippen molar-refractivity contribution in [3.8, 4) is 62.4 Å². The van der Waals surface area contributed by atoms with E-state index in [2.05, 4.69) is 282 Å². The summed E-state index contributed by atoms with van der Waals surface area (Å²) in [5.41, 5.74) is 17.3. The van der Waals surface area contributed by atoms with Crippen LogP contribution in [0.15, 0.2) is 237 Å². The van der Waals surface area contributed by atoms with Crippen molar-refractivity contribution in [2.75, 3.05) is 4.90 Å². The number of hydrogen-bond acceptors (Lipinski definition) is 4. The Balaban J connectivity index is 0.00000564. The van der Waals surface area contributed by atoms with Crippen LogP contribution in [0, 0.1) is 18.5 Å². The first kappa shape index (κ1) is 48.2. The van der Waals surface area contributed by atoms with E-state index in [0.717, 1.165) is 106 Å².